The first-order chi connectivity index (χ1) is 11.5. The lowest BCUT2D eigenvalue weighted by molar-refractivity contribution is 0.0995. The highest BCUT2D eigenvalue weighted by atomic mass is 35.5. The first-order valence-electron chi connectivity index (χ1n) is 6.70. The van der Waals surface area contributed by atoms with Gasteiger partial charge in [-0.05, 0) is 36.4 Å². The summed E-state index contributed by atoms with van der Waals surface area (Å²) in [6.45, 7) is 0.209. The van der Waals surface area contributed by atoms with Crippen LogP contribution in [0.5, 0.6) is 5.75 Å². The van der Waals surface area contributed by atoms with Crippen LogP contribution in [-0.2, 0) is 6.61 Å². The fourth-order valence-electron chi connectivity index (χ4n) is 1.83. The number of hydrogen-bond donors (Lipinski definition) is 1. The van der Waals surface area contributed by atoms with Gasteiger partial charge in [-0.25, -0.2) is 4.98 Å². The van der Waals surface area contributed by atoms with Gasteiger partial charge in [-0.3, -0.25) is 4.79 Å². The molecule has 2 aromatic heterocycles. The second-order valence-electron chi connectivity index (χ2n) is 4.64. The normalized spacial score (nSPS) is 10.6. The molecule has 0 atom stereocenters. The number of carbonyl (C=O) groups is 1. The first kappa shape index (κ1) is 16.3. The molecule has 3 aromatic rings. The highest BCUT2D eigenvalue weighted by Crippen LogP contribution is 2.24. The fourth-order valence-corrected chi connectivity index (χ4v) is 2.68. The Morgan fingerprint density at radius 3 is 2.62 bits per heavy atom. The zero-order valence-corrected chi connectivity index (χ0v) is 13.6. The topological polar surface area (TPSA) is 91.0 Å². The van der Waals surface area contributed by atoms with E-state index >= 15 is 0 Å². The standard InChI is InChI=1S/C15H10ClFN4O2S/c16-8-1-3-9(4-2-8)23-7-12-20-21-15(24-12)11-6-5-10(14(18)22)13(17)19-11/h1-6H,7H2,(H2,18,22). The van der Waals surface area contributed by atoms with Crippen molar-refractivity contribution in [3.8, 4) is 16.5 Å². The summed E-state index contributed by atoms with van der Waals surface area (Å²) in [6, 6.07) is 9.65. The van der Waals surface area contributed by atoms with Crippen LogP contribution in [0.1, 0.15) is 15.4 Å². The lowest BCUT2D eigenvalue weighted by Crippen LogP contribution is -2.14. The van der Waals surface area contributed by atoms with Crippen LogP contribution in [0.4, 0.5) is 4.39 Å². The van der Waals surface area contributed by atoms with Crippen LogP contribution in [0.15, 0.2) is 36.4 Å². The molecule has 122 valence electrons. The third kappa shape index (κ3) is 3.66. The van der Waals surface area contributed by atoms with E-state index in [-0.39, 0.29) is 17.9 Å². The molecule has 9 heteroatoms. The molecular formula is C15H10ClFN4O2S. The minimum Gasteiger partial charge on any atom is -0.486 e. The van der Waals surface area contributed by atoms with Crippen molar-refractivity contribution < 1.29 is 13.9 Å². The van der Waals surface area contributed by atoms with Crippen molar-refractivity contribution in [1.82, 2.24) is 15.2 Å². The second-order valence-corrected chi connectivity index (χ2v) is 6.14. The molecule has 0 fully saturated rings. The zero-order chi connectivity index (χ0) is 17.1. The number of primary amides is 1. The average Bonchev–Trinajstić information content (AvgIpc) is 3.03. The molecule has 1 amide bonds. The van der Waals surface area contributed by atoms with E-state index in [1.807, 2.05) is 0 Å². The smallest absolute Gasteiger partial charge is 0.253 e. The second kappa shape index (κ2) is 6.90. The Kier molecular flexibility index (Phi) is 4.68. The number of carbonyl (C=O) groups excluding carboxylic acids is 1. The molecule has 6 nitrogen and oxygen atoms in total. The SMILES string of the molecule is NC(=O)c1ccc(-c2nnc(COc3ccc(Cl)cc3)s2)nc1F. The first-order valence-corrected chi connectivity index (χ1v) is 7.90. The van der Waals surface area contributed by atoms with E-state index in [0.29, 0.717) is 20.8 Å². The Balaban J connectivity index is 1.72. The largest absolute Gasteiger partial charge is 0.486 e. The fraction of sp³-hybridized carbons (Fsp3) is 0.0667. The number of pyridine rings is 1. The van der Waals surface area contributed by atoms with Crippen LogP contribution in [0.2, 0.25) is 5.02 Å². The van der Waals surface area contributed by atoms with Gasteiger partial charge in [-0.1, -0.05) is 22.9 Å². The van der Waals surface area contributed by atoms with E-state index in [0.717, 1.165) is 0 Å². The van der Waals surface area contributed by atoms with Gasteiger partial charge in [0.15, 0.2) is 10.0 Å². The maximum Gasteiger partial charge on any atom is 0.253 e. The van der Waals surface area contributed by atoms with Gasteiger partial charge in [0.1, 0.15) is 18.1 Å². The van der Waals surface area contributed by atoms with Crippen molar-refractivity contribution in [1.29, 1.82) is 0 Å². The van der Waals surface area contributed by atoms with Crippen LogP contribution < -0.4 is 10.5 Å². The molecule has 2 N–H and O–H groups in total. The van der Waals surface area contributed by atoms with Crippen molar-refractivity contribution in [2.75, 3.05) is 0 Å². The number of nitrogens with zero attached hydrogens (tertiary/aromatic N) is 3. The number of hydrogen-bond acceptors (Lipinski definition) is 6. The summed E-state index contributed by atoms with van der Waals surface area (Å²) in [4.78, 5) is 14.7. The van der Waals surface area contributed by atoms with Crippen molar-refractivity contribution in [3.05, 3.63) is 57.9 Å². The van der Waals surface area contributed by atoms with Gasteiger partial charge in [-0.2, -0.15) is 4.39 Å². The van der Waals surface area contributed by atoms with E-state index in [1.54, 1.807) is 24.3 Å². The van der Waals surface area contributed by atoms with Gasteiger partial charge in [0, 0.05) is 5.02 Å². The lowest BCUT2D eigenvalue weighted by Gasteiger charge is -2.02. The molecule has 0 saturated carbocycles. The van der Waals surface area contributed by atoms with Crippen molar-refractivity contribution in [3.63, 3.8) is 0 Å². The molecule has 0 aliphatic heterocycles. The van der Waals surface area contributed by atoms with Gasteiger partial charge in [0.2, 0.25) is 5.95 Å². The van der Waals surface area contributed by atoms with Gasteiger partial charge < -0.3 is 10.5 Å². The highest BCUT2D eigenvalue weighted by Gasteiger charge is 2.14. The number of benzene rings is 1. The Bertz CT molecular complexity index is 885. The molecule has 2 heterocycles. The molecule has 0 aliphatic rings. The zero-order valence-electron chi connectivity index (χ0n) is 12.1. The van der Waals surface area contributed by atoms with E-state index < -0.39 is 11.9 Å². The number of amides is 1. The van der Waals surface area contributed by atoms with Crippen LogP contribution in [-0.4, -0.2) is 21.1 Å². The van der Waals surface area contributed by atoms with Crippen LogP contribution in [0.3, 0.4) is 0 Å². The Labute approximate surface area is 145 Å². The lowest BCUT2D eigenvalue weighted by atomic mass is 10.2. The van der Waals surface area contributed by atoms with E-state index in [4.69, 9.17) is 22.1 Å². The molecule has 0 spiro atoms. The molecule has 0 bridgehead atoms. The number of nitrogens with two attached hydrogens (primary N) is 1. The maximum atomic E-state index is 13.7. The van der Waals surface area contributed by atoms with Crippen molar-refractivity contribution >= 4 is 28.8 Å². The Hall–Kier alpha value is -2.58. The summed E-state index contributed by atoms with van der Waals surface area (Å²) in [7, 11) is 0. The summed E-state index contributed by atoms with van der Waals surface area (Å²) in [5.74, 6) is -1.17. The number of rotatable bonds is 5. The van der Waals surface area contributed by atoms with Gasteiger partial charge >= 0.3 is 0 Å². The summed E-state index contributed by atoms with van der Waals surface area (Å²) in [5, 5.41) is 9.56. The number of ether oxygens (including phenoxy) is 1. The monoisotopic (exact) mass is 364 g/mol. The van der Waals surface area contributed by atoms with E-state index in [1.165, 1.54) is 23.5 Å². The van der Waals surface area contributed by atoms with Crippen molar-refractivity contribution in [2.45, 2.75) is 6.61 Å². The molecular weight excluding hydrogens is 355 g/mol. The Morgan fingerprint density at radius 2 is 1.96 bits per heavy atom. The quantitative estimate of drug-likeness (QED) is 0.702. The summed E-state index contributed by atoms with van der Waals surface area (Å²) in [5.41, 5.74) is 5.04. The molecule has 3 rings (SSSR count). The molecule has 24 heavy (non-hydrogen) atoms. The number of aromatic nitrogens is 3. The van der Waals surface area contributed by atoms with Crippen LogP contribution in [0.25, 0.3) is 10.7 Å². The van der Waals surface area contributed by atoms with Crippen LogP contribution in [0, 0.1) is 5.95 Å². The summed E-state index contributed by atoms with van der Waals surface area (Å²) in [6.07, 6.45) is 0. The van der Waals surface area contributed by atoms with Gasteiger partial charge in [0.25, 0.3) is 5.91 Å². The minimum atomic E-state index is -0.936. The molecule has 1 aromatic carbocycles. The van der Waals surface area contributed by atoms with E-state index in [2.05, 4.69) is 15.2 Å². The maximum absolute atomic E-state index is 13.7. The predicted molar refractivity (Wildman–Crippen MR) is 87.4 cm³/mol. The molecule has 0 unspecified atom stereocenters. The third-order valence-corrected chi connectivity index (χ3v) is 4.15. The number of halogens is 2. The van der Waals surface area contributed by atoms with Gasteiger partial charge in [-0.15, -0.1) is 10.2 Å². The Morgan fingerprint density at radius 1 is 1.21 bits per heavy atom. The van der Waals surface area contributed by atoms with Crippen molar-refractivity contribution in [2.24, 2.45) is 5.73 Å². The minimum absolute atomic E-state index is 0.209. The van der Waals surface area contributed by atoms with E-state index in [9.17, 15) is 9.18 Å². The van der Waals surface area contributed by atoms with Crippen LogP contribution >= 0.6 is 22.9 Å². The summed E-state index contributed by atoms with van der Waals surface area (Å²) >= 11 is 7.01. The molecule has 0 aliphatic carbocycles. The molecule has 0 radical (unpaired) electrons. The predicted octanol–water partition coefficient (Wildman–Crippen LogP) is 3.07. The molecule has 0 saturated heterocycles. The third-order valence-electron chi connectivity index (χ3n) is 2.98. The van der Waals surface area contributed by atoms with Gasteiger partial charge in [0.05, 0.1) is 5.56 Å². The average molecular weight is 365 g/mol. The highest BCUT2D eigenvalue weighted by molar-refractivity contribution is 7.14. The summed E-state index contributed by atoms with van der Waals surface area (Å²) < 4.78 is 19.3.